The van der Waals surface area contributed by atoms with Crippen molar-refractivity contribution in [3.63, 3.8) is 0 Å². The van der Waals surface area contributed by atoms with Crippen LogP contribution in [-0.4, -0.2) is 49.2 Å². The summed E-state index contributed by atoms with van der Waals surface area (Å²) < 4.78 is 67.8. The van der Waals surface area contributed by atoms with Crippen LogP contribution in [0.15, 0.2) is 91.0 Å². The van der Waals surface area contributed by atoms with Crippen molar-refractivity contribution in [1.29, 1.82) is 0 Å². The van der Waals surface area contributed by atoms with Gasteiger partial charge in [0.1, 0.15) is 29.9 Å². The van der Waals surface area contributed by atoms with Gasteiger partial charge in [-0.3, -0.25) is 9.59 Å². The number of Topliss-reactive ketones (excluding diaryl/α,β-unsaturated/α-hetero) is 1. The molecule has 0 spiro atoms. The number of esters is 1. The van der Waals surface area contributed by atoms with Crippen molar-refractivity contribution >= 4 is 11.8 Å². The summed E-state index contributed by atoms with van der Waals surface area (Å²) in [7, 11) is 0. The zero-order valence-corrected chi connectivity index (χ0v) is 28.8. The number of halogens is 4. The fraction of sp³-hybridized carbons (Fsp3) is 0.366. The van der Waals surface area contributed by atoms with E-state index in [-0.39, 0.29) is 61.2 Å². The summed E-state index contributed by atoms with van der Waals surface area (Å²) in [5.41, 5.74) is 9.56. The molecular weight excluding hydrogens is 660 g/mol. The molecule has 1 heterocycles. The molecule has 0 saturated carbocycles. The molecule has 1 fully saturated rings. The minimum atomic E-state index is -1.06. The zero-order chi connectivity index (χ0) is 36.5. The molecule has 6 nitrogen and oxygen atoms in total. The molecule has 270 valence electrons. The van der Waals surface area contributed by atoms with Crippen molar-refractivity contribution in [2.45, 2.75) is 82.1 Å². The van der Waals surface area contributed by atoms with Gasteiger partial charge in [-0.05, 0) is 102 Å². The van der Waals surface area contributed by atoms with E-state index in [0.29, 0.717) is 48.1 Å². The molecule has 1 saturated heterocycles. The molecule has 0 bridgehead atoms. The van der Waals surface area contributed by atoms with Crippen LogP contribution in [0.5, 0.6) is 0 Å². The number of carbonyl (C=O) groups is 2. The fourth-order valence-corrected chi connectivity index (χ4v) is 6.73. The third kappa shape index (κ3) is 10.1. The van der Waals surface area contributed by atoms with Crippen molar-refractivity contribution < 1.29 is 36.6 Å². The van der Waals surface area contributed by atoms with Crippen molar-refractivity contribution in [2.75, 3.05) is 13.2 Å². The predicted molar refractivity (Wildman–Crippen MR) is 187 cm³/mol. The number of morpholine rings is 1. The maximum atomic E-state index is 15.2. The maximum absolute atomic E-state index is 15.2. The van der Waals surface area contributed by atoms with E-state index in [9.17, 15) is 22.8 Å². The average molecular weight is 705 g/mol. The molecule has 0 unspecified atom stereocenters. The molecule has 1 aliphatic heterocycles. The van der Waals surface area contributed by atoms with Gasteiger partial charge in [-0.15, -0.1) is 0 Å². The number of nitrogens with one attached hydrogen (secondary N) is 1. The van der Waals surface area contributed by atoms with Gasteiger partial charge in [0.15, 0.2) is 5.78 Å². The molecule has 51 heavy (non-hydrogen) atoms. The van der Waals surface area contributed by atoms with E-state index in [4.69, 9.17) is 15.2 Å². The molecule has 5 rings (SSSR count). The van der Waals surface area contributed by atoms with Gasteiger partial charge >= 0.3 is 5.97 Å². The summed E-state index contributed by atoms with van der Waals surface area (Å²) >= 11 is 0. The summed E-state index contributed by atoms with van der Waals surface area (Å²) in [6.45, 7) is 4.45. The minimum Gasteiger partial charge on any atom is -0.464 e. The van der Waals surface area contributed by atoms with E-state index < -0.39 is 29.4 Å². The zero-order valence-electron chi connectivity index (χ0n) is 28.8. The molecule has 0 aliphatic carbocycles. The molecule has 5 atom stereocenters. The standard InChI is InChI=1S/C41H44F4N2O4/c1-3-26(27-7-13-31(42)14-8-27)22-39(49)50-24-37-25(2)51-34(23-47-37)19-20-35-30(5-4-6-36(35)45)21-38(48)41(46)40(28-9-15-32(43)16-10-28)29-11-17-33(44)18-12-29/h4-18,25-26,34,37,40-41,47H,3,19-24,46H2,1-2H3/t25-,26-,34+,37+,41+/m0/s1. The lowest BCUT2D eigenvalue weighted by Crippen LogP contribution is -2.53. The lowest BCUT2D eigenvalue weighted by molar-refractivity contribution is -0.148. The van der Waals surface area contributed by atoms with E-state index in [1.165, 1.54) is 42.5 Å². The smallest absolute Gasteiger partial charge is 0.306 e. The number of nitrogens with two attached hydrogens (primary N) is 1. The van der Waals surface area contributed by atoms with Crippen LogP contribution in [0.25, 0.3) is 0 Å². The Morgan fingerprint density at radius 3 is 1.98 bits per heavy atom. The predicted octanol–water partition coefficient (Wildman–Crippen LogP) is 7.32. The topological polar surface area (TPSA) is 90.7 Å². The van der Waals surface area contributed by atoms with Gasteiger partial charge in [-0.25, -0.2) is 17.6 Å². The number of benzene rings is 4. The third-order valence-corrected chi connectivity index (χ3v) is 9.74. The Morgan fingerprint density at radius 1 is 0.863 bits per heavy atom. The number of hydrogen-bond acceptors (Lipinski definition) is 6. The Bertz CT molecular complexity index is 1710. The van der Waals surface area contributed by atoms with Crippen molar-refractivity contribution in [3.05, 3.63) is 142 Å². The molecule has 0 radical (unpaired) electrons. The van der Waals surface area contributed by atoms with Gasteiger partial charge in [0.2, 0.25) is 0 Å². The first-order chi connectivity index (χ1) is 24.5. The van der Waals surface area contributed by atoms with Crippen LogP contribution in [0.4, 0.5) is 17.6 Å². The van der Waals surface area contributed by atoms with E-state index >= 15 is 4.39 Å². The molecule has 3 N–H and O–H groups in total. The first kappa shape index (κ1) is 37.9. The summed E-state index contributed by atoms with van der Waals surface area (Å²) in [6.07, 6.45) is 1.02. The Kier molecular flexibility index (Phi) is 13.1. The number of carbonyl (C=O) groups excluding carboxylic acids is 2. The van der Waals surface area contributed by atoms with Gasteiger partial charge in [-0.1, -0.05) is 55.5 Å². The summed E-state index contributed by atoms with van der Waals surface area (Å²) in [6, 6.07) is 20.8. The van der Waals surface area contributed by atoms with Gasteiger partial charge < -0.3 is 20.5 Å². The number of rotatable bonds is 15. The quantitative estimate of drug-likeness (QED) is 0.0997. The van der Waals surface area contributed by atoms with Crippen LogP contribution in [0.1, 0.15) is 72.8 Å². The Morgan fingerprint density at radius 2 is 1.43 bits per heavy atom. The summed E-state index contributed by atoms with van der Waals surface area (Å²) in [4.78, 5) is 26.3. The number of ether oxygens (including phenoxy) is 2. The normalized spacial score (nSPS) is 18.7. The molecular formula is C41H44F4N2O4. The van der Waals surface area contributed by atoms with Crippen molar-refractivity contribution in [1.82, 2.24) is 5.32 Å². The second kappa shape index (κ2) is 17.7. The van der Waals surface area contributed by atoms with E-state index in [1.807, 2.05) is 13.8 Å². The van der Waals surface area contributed by atoms with Crippen molar-refractivity contribution in [2.24, 2.45) is 5.73 Å². The van der Waals surface area contributed by atoms with Crippen molar-refractivity contribution in [3.8, 4) is 0 Å². The van der Waals surface area contributed by atoms with E-state index in [2.05, 4.69) is 5.32 Å². The Labute approximate surface area is 296 Å². The maximum Gasteiger partial charge on any atom is 0.306 e. The summed E-state index contributed by atoms with van der Waals surface area (Å²) in [5.74, 6) is -3.07. The third-order valence-electron chi connectivity index (χ3n) is 9.74. The Balaban J connectivity index is 1.16. The lowest BCUT2D eigenvalue weighted by Gasteiger charge is -2.35. The van der Waals surface area contributed by atoms with E-state index in [0.717, 1.165) is 5.56 Å². The van der Waals surface area contributed by atoms with Gasteiger partial charge in [0.25, 0.3) is 0 Å². The number of ketones is 1. The van der Waals surface area contributed by atoms with Gasteiger partial charge in [0, 0.05) is 18.9 Å². The first-order valence-corrected chi connectivity index (χ1v) is 17.4. The molecule has 4 aromatic carbocycles. The monoisotopic (exact) mass is 704 g/mol. The minimum absolute atomic E-state index is 0.0733. The van der Waals surface area contributed by atoms with Crippen LogP contribution in [-0.2, 0) is 31.9 Å². The lowest BCUT2D eigenvalue weighted by atomic mass is 9.82. The highest BCUT2D eigenvalue weighted by atomic mass is 19.1. The van der Waals surface area contributed by atoms with Gasteiger partial charge in [-0.2, -0.15) is 0 Å². The highest BCUT2D eigenvalue weighted by molar-refractivity contribution is 5.87. The first-order valence-electron chi connectivity index (χ1n) is 17.4. The molecule has 0 amide bonds. The van der Waals surface area contributed by atoms with Crippen LogP contribution in [0.3, 0.4) is 0 Å². The molecule has 10 heteroatoms. The van der Waals surface area contributed by atoms with Gasteiger partial charge in [0.05, 0.1) is 30.7 Å². The van der Waals surface area contributed by atoms with Crippen LogP contribution < -0.4 is 11.1 Å². The van der Waals surface area contributed by atoms with Crippen LogP contribution >= 0.6 is 0 Å². The second-order valence-corrected chi connectivity index (χ2v) is 13.2. The molecule has 1 aliphatic rings. The second-order valence-electron chi connectivity index (χ2n) is 13.2. The molecule has 4 aromatic rings. The summed E-state index contributed by atoms with van der Waals surface area (Å²) in [5, 5.41) is 3.39. The Hall–Kier alpha value is -4.38. The van der Waals surface area contributed by atoms with Crippen LogP contribution in [0.2, 0.25) is 0 Å². The number of hydrogen-bond donors (Lipinski definition) is 2. The van der Waals surface area contributed by atoms with Crippen LogP contribution in [0, 0.1) is 23.3 Å². The fourth-order valence-electron chi connectivity index (χ4n) is 6.73. The highest BCUT2D eigenvalue weighted by Crippen LogP contribution is 2.30. The highest BCUT2D eigenvalue weighted by Gasteiger charge is 2.31. The van der Waals surface area contributed by atoms with E-state index in [1.54, 1.807) is 48.5 Å². The average Bonchev–Trinajstić information content (AvgIpc) is 3.12. The largest absolute Gasteiger partial charge is 0.464 e. The SMILES string of the molecule is CC[C@@H](CC(=O)OC[C@H]1NC[C@@H](CCc2c(F)cccc2CC(=O)[C@@H](N)C(c2ccc(F)cc2)c2ccc(F)cc2)O[C@H]1C)c1ccc(F)cc1. The molecule has 0 aromatic heterocycles.